The van der Waals surface area contributed by atoms with E-state index in [-0.39, 0.29) is 169 Å². The number of benzene rings is 2. The van der Waals surface area contributed by atoms with Crippen LogP contribution < -0.4 is 11.4 Å². The number of nitrogens with two attached hydrogens (primary N) is 1. The Morgan fingerprint density at radius 1 is 0.604 bits per heavy atom. The Morgan fingerprint density at radius 3 is 1.02 bits per heavy atom. The quantitative estimate of drug-likeness (QED) is 0.136. The second kappa shape index (κ2) is 72.4. The molecule has 4 rings (SSSR count). The molecule has 48 heavy (non-hydrogen) atoms. The summed E-state index contributed by atoms with van der Waals surface area (Å²) in [6, 6.07) is 29.9. The molecule has 0 aliphatic carbocycles. The fraction of sp³-hybridized carbons (Fsp3) is 0.375. The van der Waals surface area contributed by atoms with Gasteiger partial charge >= 0.3 is 64.9 Å². The molecule has 0 atom stereocenters. The topological polar surface area (TPSA) is 92.8 Å². The zero-order chi connectivity index (χ0) is 31.6. The molecule has 6 nitrogen and oxygen atoms in total. The predicted molar refractivity (Wildman–Crippen MR) is 209 cm³/mol. The molecule has 0 aliphatic rings. The maximum atomic E-state index is 4.50. The van der Waals surface area contributed by atoms with E-state index in [1.807, 2.05) is 128 Å². The summed E-state index contributed by atoms with van der Waals surface area (Å²) in [7, 11) is 3.21. The molecule has 16 heteroatoms. The van der Waals surface area contributed by atoms with Crippen molar-refractivity contribution in [1.29, 1.82) is 0 Å². The molecule has 2 radical (unpaired) electrons. The summed E-state index contributed by atoms with van der Waals surface area (Å²) in [6.07, 6.45) is 2.50. The Kier molecular flexibility index (Phi) is 128. The third kappa shape index (κ3) is 75.1. The number of H-pyrrole nitrogens is 1. The molecule has 0 aliphatic heterocycles. The largest absolute Gasteiger partial charge is 0.0623 e. The molecule has 0 amide bonds. The smallest absolute Gasteiger partial charge is 0 e. The van der Waals surface area contributed by atoms with Crippen molar-refractivity contribution in [3.05, 3.63) is 120 Å². The number of halogens is 3. The van der Waals surface area contributed by atoms with Crippen LogP contribution in [0.3, 0.4) is 0 Å². The van der Waals surface area contributed by atoms with E-state index in [9.17, 15) is 0 Å². The summed E-state index contributed by atoms with van der Waals surface area (Å²) in [5, 5.41) is 0. The van der Waals surface area contributed by atoms with Crippen LogP contribution >= 0.6 is 59.9 Å². The van der Waals surface area contributed by atoms with Crippen LogP contribution in [0.1, 0.15) is 65.3 Å². The molecular formula is C32H53I3N6VW4Y2-3. The third-order valence-corrected chi connectivity index (χ3v) is 3.28. The van der Waals surface area contributed by atoms with Crippen molar-refractivity contribution in [1.82, 2.24) is 19.9 Å². The van der Waals surface area contributed by atoms with E-state index in [2.05, 4.69) is 109 Å². The number of hydrogen-bond acceptors (Lipinski definition) is 5. The van der Waals surface area contributed by atoms with Gasteiger partial charge < -0.3 is 32.8 Å². The molecule has 3 N–H and O–H groups in total. The van der Waals surface area contributed by atoms with Crippen LogP contribution in [0.15, 0.2) is 77.8 Å². The van der Waals surface area contributed by atoms with Crippen molar-refractivity contribution < 1.29 is 155 Å². The van der Waals surface area contributed by atoms with Crippen LogP contribution in [0.5, 0.6) is 0 Å². The zero-order valence-electron chi connectivity index (χ0n) is 28.2. The normalized spacial score (nSPS) is 7.19. The number of rotatable bonds is 0. The Hall–Kier alpha value is 4.10. The first-order chi connectivity index (χ1) is 19.2. The first-order valence-corrected chi connectivity index (χ1v) is 26.1. The molecule has 0 unspecified atom stereocenters. The first-order valence-electron chi connectivity index (χ1n) is 12.6. The van der Waals surface area contributed by atoms with E-state index in [4.69, 9.17) is 0 Å². The Balaban J connectivity index is -0.0000000318. The maximum Gasteiger partial charge on any atom is 0 e. The molecule has 4 aromatic rings. The minimum Gasteiger partial charge on any atom is -0.0623 e. The van der Waals surface area contributed by atoms with Crippen molar-refractivity contribution in [3.63, 3.8) is 0 Å². The minimum absolute atomic E-state index is 0. The molecule has 2 aromatic heterocycles. The first kappa shape index (κ1) is 84.6. The standard InChI is InChI=1S/C7H10N3.C6H6N2.2C6H6.2C2H6.CH5N.2CH4.3HI.V.4W.2Y/c1-5-4-6(2)10-7(8-3)9-5;1-5-3-6(2)8-4-7-5;2*1-2-4-6-5-3-1;3*1-2;;;;;;;;;;;;/h1-3H3,(H,8,9,10);1-2H3;2*1-6H;2*1-2H3;2H2,1H3;2*1H4;3*1H;;;;;;;/q-1;-2;;;;;;;;;;;+3;;;;;;/p-3. The van der Waals surface area contributed by atoms with Gasteiger partial charge in [-0.25, -0.2) is 0 Å². The van der Waals surface area contributed by atoms with E-state index in [1.54, 1.807) is 7.05 Å². The van der Waals surface area contributed by atoms with Gasteiger partial charge in [-0.3, -0.25) is 21.4 Å². The van der Waals surface area contributed by atoms with Gasteiger partial charge in [0.25, 0.3) is 0 Å². The average Bonchev–Trinajstić information content (AvgIpc) is 2.98. The number of hydrogen-bond donors (Lipinski definition) is 2. The van der Waals surface area contributed by atoms with Crippen LogP contribution in [0.2, 0.25) is 0 Å². The van der Waals surface area contributed by atoms with Gasteiger partial charge in [0.1, 0.15) is 0 Å². The summed E-state index contributed by atoms with van der Waals surface area (Å²) in [4.78, 5) is 18.2. The number of aromatic nitrogens is 4. The molecule has 2 aromatic carbocycles. The summed E-state index contributed by atoms with van der Waals surface area (Å²) >= 11 is 7.39. The Labute approximate surface area is 440 Å². The summed E-state index contributed by atoms with van der Waals surface area (Å²) in [5.74, 6) is 0. The Bertz CT molecular complexity index is 972. The van der Waals surface area contributed by atoms with Crippen LogP contribution in [-0.2, 0) is 155 Å². The predicted octanol–water partition coefficient (Wildman–Crippen LogP) is 9.96. The van der Waals surface area contributed by atoms with E-state index in [0.717, 1.165) is 22.8 Å². The van der Waals surface area contributed by atoms with E-state index in [1.165, 1.54) is 7.05 Å². The minimum atomic E-state index is -0.278. The monoisotopic (exact) mass is 1870 g/mol. The van der Waals surface area contributed by atoms with Crippen molar-refractivity contribution in [2.75, 3.05) is 14.1 Å². The molecule has 0 saturated heterocycles. The average molecular weight is 1870 g/mol. The van der Waals surface area contributed by atoms with E-state index < -0.39 is 0 Å². The molecule has 270 valence electrons. The number of nitrogens with one attached hydrogen (secondary N) is 1. The fourth-order valence-electron chi connectivity index (χ4n) is 2.05. The SMILES string of the molecule is C.C.CC.CC.CN.CN=c1nc(C)[c-]c(C)[nH]1.Cc1[c-]c(C)n[c-]n1.[I][V]([I])[I].[W].[W].[W].[W].[Y].[Y].c1ccccc1.c1ccccc1. The van der Waals surface area contributed by atoms with Gasteiger partial charge in [0, 0.05) is 163 Å². The van der Waals surface area contributed by atoms with Crippen LogP contribution in [0.4, 0.5) is 0 Å². The van der Waals surface area contributed by atoms with Crippen LogP contribution in [0, 0.1) is 46.2 Å². The second-order valence-corrected chi connectivity index (χ2v) is 41.6. The Morgan fingerprint density at radius 2 is 0.854 bits per heavy atom. The van der Waals surface area contributed by atoms with Crippen molar-refractivity contribution >= 4 is 59.9 Å². The molecule has 0 spiro atoms. The fourth-order valence-corrected chi connectivity index (χ4v) is 2.05. The van der Waals surface area contributed by atoms with E-state index >= 15 is 0 Å². The molecule has 0 fully saturated rings. The third-order valence-electron chi connectivity index (χ3n) is 3.28. The number of aryl methyl sites for hydroxylation is 4. The summed E-state index contributed by atoms with van der Waals surface area (Å²) in [5.41, 5.74) is 8.69. The maximum absolute atomic E-state index is 4.50. The van der Waals surface area contributed by atoms with Crippen LogP contribution in [-0.4, -0.2) is 34.0 Å². The second-order valence-electron chi connectivity index (χ2n) is 6.24. The number of aromatic amines is 1. The van der Waals surface area contributed by atoms with Crippen molar-refractivity contribution in [3.8, 4) is 0 Å². The zero-order valence-corrected chi connectivity index (χ0v) is 53.4. The van der Waals surface area contributed by atoms with E-state index in [0.29, 0.717) is 5.62 Å². The van der Waals surface area contributed by atoms with Crippen molar-refractivity contribution in [2.45, 2.75) is 70.2 Å². The van der Waals surface area contributed by atoms with Crippen molar-refractivity contribution in [2.24, 2.45) is 10.7 Å². The van der Waals surface area contributed by atoms with Gasteiger partial charge in [-0.15, -0.1) is 19.5 Å². The van der Waals surface area contributed by atoms with Gasteiger partial charge in [-0.1, -0.05) is 129 Å². The summed E-state index contributed by atoms with van der Waals surface area (Å²) in [6.45, 7) is 15.6. The number of nitrogens with zero attached hydrogens (tertiary/aromatic N) is 4. The molecule has 2 heterocycles. The van der Waals surface area contributed by atoms with Gasteiger partial charge in [0.2, 0.25) is 5.62 Å². The molecular weight excluding hydrogens is 1810 g/mol. The molecule has 0 bridgehead atoms. The van der Waals surface area contributed by atoms with Gasteiger partial charge in [0.05, 0.1) is 0 Å². The van der Waals surface area contributed by atoms with Gasteiger partial charge in [0.15, 0.2) is 0 Å². The summed E-state index contributed by atoms with van der Waals surface area (Å²) < 4.78 is 0. The van der Waals surface area contributed by atoms with Gasteiger partial charge in [-0.05, 0) is 7.05 Å². The van der Waals surface area contributed by atoms with Gasteiger partial charge in [-0.2, -0.15) is 5.69 Å². The van der Waals surface area contributed by atoms with Crippen LogP contribution in [0.25, 0.3) is 0 Å². The molecule has 0 saturated carbocycles.